The molecule has 0 saturated heterocycles. The Kier molecular flexibility index (Phi) is 5.97. The smallest absolute Gasteiger partial charge is 0.337 e. The molecule has 3 N–H and O–H groups in total. The van der Waals surface area contributed by atoms with Crippen LogP contribution >= 0.6 is 22.6 Å². The van der Waals surface area contributed by atoms with Crippen molar-refractivity contribution in [2.24, 2.45) is 0 Å². The molecule has 1 rings (SSSR count). The highest BCUT2D eigenvalue weighted by Crippen LogP contribution is 2.19. The number of anilines is 1. The number of carboxylic acids is 1. The van der Waals surface area contributed by atoms with E-state index in [0.29, 0.717) is 6.54 Å². The number of nitrogens with one attached hydrogen (secondary N) is 2. The summed E-state index contributed by atoms with van der Waals surface area (Å²) in [7, 11) is 3.86. The Morgan fingerprint density at radius 3 is 2.48 bits per heavy atom. The zero-order valence-electron chi connectivity index (χ0n) is 12.5. The van der Waals surface area contributed by atoms with Gasteiger partial charge in [-0.25, -0.2) is 9.59 Å². The van der Waals surface area contributed by atoms with Gasteiger partial charge in [-0.15, -0.1) is 0 Å². The van der Waals surface area contributed by atoms with Crippen LogP contribution in [-0.2, 0) is 0 Å². The summed E-state index contributed by atoms with van der Waals surface area (Å²) in [4.78, 5) is 25.1. The summed E-state index contributed by atoms with van der Waals surface area (Å²) in [5.74, 6) is -1.07. The second kappa shape index (κ2) is 7.08. The molecule has 7 heteroatoms. The zero-order chi connectivity index (χ0) is 16.2. The van der Waals surface area contributed by atoms with Crippen LogP contribution in [0.4, 0.5) is 10.5 Å². The lowest BCUT2D eigenvalue weighted by Gasteiger charge is -2.32. The third kappa shape index (κ3) is 5.16. The third-order valence-corrected chi connectivity index (χ3v) is 4.02. The first kappa shape index (κ1) is 17.7. The zero-order valence-corrected chi connectivity index (χ0v) is 14.7. The molecule has 0 aliphatic rings. The Balaban J connectivity index is 2.74. The number of halogens is 1. The normalized spacial score (nSPS) is 11.3. The lowest BCUT2D eigenvalue weighted by atomic mass is 10.0. The summed E-state index contributed by atoms with van der Waals surface area (Å²) in [6.07, 6.45) is 0. The number of hydrogen-bond donors (Lipinski definition) is 3. The van der Waals surface area contributed by atoms with Crippen molar-refractivity contribution in [1.29, 1.82) is 0 Å². The van der Waals surface area contributed by atoms with Crippen molar-refractivity contribution in [3.8, 4) is 0 Å². The van der Waals surface area contributed by atoms with Crippen LogP contribution < -0.4 is 10.6 Å². The van der Waals surface area contributed by atoms with Crippen molar-refractivity contribution < 1.29 is 14.7 Å². The largest absolute Gasteiger partial charge is 0.478 e. The number of carboxylic acid groups (broad SMARTS) is 1. The minimum atomic E-state index is -1.07. The van der Waals surface area contributed by atoms with Gasteiger partial charge in [-0.3, -0.25) is 0 Å². The maximum absolute atomic E-state index is 11.9. The van der Waals surface area contributed by atoms with Gasteiger partial charge in [-0.05, 0) is 68.7 Å². The van der Waals surface area contributed by atoms with E-state index in [0.717, 1.165) is 3.57 Å². The van der Waals surface area contributed by atoms with E-state index in [1.807, 2.05) is 55.4 Å². The number of carbonyl (C=O) groups is 2. The van der Waals surface area contributed by atoms with Crippen LogP contribution in [0.5, 0.6) is 0 Å². The van der Waals surface area contributed by atoms with Gasteiger partial charge in [0.05, 0.1) is 11.3 Å². The SMILES string of the molecule is CN(C)C(C)(C)CNC(=O)Nc1ccc(I)cc1C(=O)O. The second-order valence-electron chi connectivity index (χ2n) is 5.51. The van der Waals surface area contributed by atoms with E-state index >= 15 is 0 Å². The second-order valence-corrected chi connectivity index (χ2v) is 6.76. The number of aromatic carboxylic acids is 1. The number of urea groups is 1. The van der Waals surface area contributed by atoms with Crippen molar-refractivity contribution in [2.45, 2.75) is 19.4 Å². The molecule has 0 unspecified atom stereocenters. The van der Waals surface area contributed by atoms with Gasteiger partial charge >= 0.3 is 12.0 Å². The minimum absolute atomic E-state index is 0.0731. The Hall–Kier alpha value is -1.35. The summed E-state index contributed by atoms with van der Waals surface area (Å²) < 4.78 is 0.796. The Labute approximate surface area is 138 Å². The molecule has 1 aromatic rings. The highest BCUT2D eigenvalue weighted by Gasteiger charge is 2.21. The van der Waals surface area contributed by atoms with Gasteiger partial charge in [0.15, 0.2) is 0 Å². The van der Waals surface area contributed by atoms with Crippen molar-refractivity contribution >= 4 is 40.3 Å². The fourth-order valence-corrected chi connectivity index (χ4v) is 1.91. The molecule has 0 saturated carbocycles. The van der Waals surface area contributed by atoms with Crippen molar-refractivity contribution in [3.63, 3.8) is 0 Å². The summed E-state index contributed by atoms with van der Waals surface area (Å²) >= 11 is 2.03. The molecule has 0 radical (unpaired) electrons. The van der Waals surface area contributed by atoms with Crippen LogP contribution in [0.1, 0.15) is 24.2 Å². The van der Waals surface area contributed by atoms with E-state index in [1.54, 1.807) is 12.1 Å². The molecule has 0 fully saturated rings. The number of hydrogen-bond acceptors (Lipinski definition) is 3. The summed E-state index contributed by atoms with van der Waals surface area (Å²) in [6.45, 7) is 4.44. The van der Waals surface area contributed by atoms with Gasteiger partial charge in [-0.1, -0.05) is 0 Å². The van der Waals surface area contributed by atoms with E-state index in [-0.39, 0.29) is 16.8 Å². The van der Waals surface area contributed by atoms with E-state index < -0.39 is 12.0 Å². The highest BCUT2D eigenvalue weighted by atomic mass is 127. The summed E-state index contributed by atoms with van der Waals surface area (Å²) in [6, 6.07) is 4.42. The molecule has 0 spiro atoms. The Morgan fingerprint density at radius 1 is 1.33 bits per heavy atom. The quantitative estimate of drug-likeness (QED) is 0.658. The van der Waals surface area contributed by atoms with Crippen LogP contribution in [-0.4, -0.2) is 48.2 Å². The maximum atomic E-state index is 11.9. The number of likely N-dealkylation sites (N-methyl/N-ethyl adjacent to an activating group) is 1. The topological polar surface area (TPSA) is 81.7 Å². The van der Waals surface area contributed by atoms with Crippen molar-refractivity contribution in [2.75, 3.05) is 26.0 Å². The molecule has 0 aliphatic carbocycles. The monoisotopic (exact) mass is 405 g/mol. The molecular formula is C14H20IN3O3. The van der Waals surface area contributed by atoms with Crippen LogP contribution in [0.15, 0.2) is 18.2 Å². The fourth-order valence-electron chi connectivity index (χ4n) is 1.42. The molecule has 0 atom stereocenters. The first-order chi connectivity index (χ1) is 9.63. The molecule has 0 aliphatic heterocycles. The Morgan fingerprint density at radius 2 is 1.95 bits per heavy atom. The molecule has 0 heterocycles. The fraction of sp³-hybridized carbons (Fsp3) is 0.429. The number of amides is 2. The molecule has 0 aromatic heterocycles. The summed E-state index contributed by atoms with van der Waals surface area (Å²) in [5, 5.41) is 14.5. The average molecular weight is 405 g/mol. The highest BCUT2D eigenvalue weighted by molar-refractivity contribution is 14.1. The Bertz CT molecular complexity index is 544. The molecule has 2 amide bonds. The van der Waals surface area contributed by atoms with Gasteiger partial charge in [0.2, 0.25) is 0 Å². The van der Waals surface area contributed by atoms with Gasteiger partial charge in [0, 0.05) is 15.7 Å². The molecule has 21 heavy (non-hydrogen) atoms. The van der Waals surface area contributed by atoms with E-state index in [2.05, 4.69) is 10.6 Å². The third-order valence-electron chi connectivity index (χ3n) is 3.35. The lowest BCUT2D eigenvalue weighted by Crippen LogP contribution is -2.49. The molecule has 1 aromatic carbocycles. The van der Waals surface area contributed by atoms with Crippen LogP contribution in [0.2, 0.25) is 0 Å². The first-order valence-electron chi connectivity index (χ1n) is 6.38. The van der Waals surface area contributed by atoms with Crippen LogP contribution in [0, 0.1) is 3.57 Å². The van der Waals surface area contributed by atoms with Crippen molar-refractivity contribution in [3.05, 3.63) is 27.3 Å². The first-order valence-corrected chi connectivity index (χ1v) is 7.46. The van der Waals surface area contributed by atoms with E-state index in [9.17, 15) is 9.59 Å². The van der Waals surface area contributed by atoms with Crippen LogP contribution in [0.3, 0.4) is 0 Å². The van der Waals surface area contributed by atoms with Gasteiger partial charge in [0.25, 0.3) is 0 Å². The lowest BCUT2D eigenvalue weighted by molar-refractivity contribution is 0.0698. The predicted molar refractivity (Wildman–Crippen MR) is 90.9 cm³/mol. The van der Waals surface area contributed by atoms with Gasteiger partial charge < -0.3 is 20.6 Å². The predicted octanol–water partition coefficient (Wildman–Crippen LogP) is 2.45. The molecule has 116 valence electrons. The maximum Gasteiger partial charge on any atom is 0.337 e. The standard InChI is InChI=1S/C14H20IN3O3/c1-14(2,18(3)4)8-16-13(21)17-11-6-5-9(15)7-10(11)12(19)20/h5-7H,8H2,1-4H3,(H,19,20)(H2,16,17,21). The van der Waals surface area contributed by atoms with Gasteiger partial charge in [-0.2, -0.15) is 0 Å². The number of rotatable bonds is 5. The molecule has 0 bridgehead atoms. The molecular weight excluding hydrogens is 385 g/mol. The average Bonchev–Trinajstić information content (AvgIpc) is 2.38. The van der Waals surface area contributed by atoms with Gasteiger partial charge in [0.1, 0.15) is 0 Å². The van der Waals surface area contributed by atoms with Crippen LogP contribution in [0.25, 0.3) is 0 Å². The number of benzene rings is 1. The molecule has 6 nitrogen and oxygen atoms in total. The van der Waals surface area contributed by atoms with E-state index in [4.69, 9.17) is 5.11 Å². The summed E-state index contributed by atoms with van der Waals surface area (Å²) in [5.41, 5.74) is 0.158. The minimum Gasteiger partial charge on any atom is -0.478 e. The van der Waals surface area contributed by atoms with E-state index in [1.165, 1.54) is 6.07 Å². The number of nitrogens with zero attached hydrogens (tertiary/aromatic N) is 1. The number of carbonyl (C=O) groups excluding carboxylic acids is 1. The van der Waals surface area contributed by atoms with Crippen molar-refractivity contribution in [1.82, 2.24) is 10.2 Å².